The lowest BCUT2D eigenvalue weighted by Crippen LogP contribution is -2.55. The lowest BCUT2D eigenvalue weighted by Gasteiger charge is -2.37. The summed E-state index contributed by atoms with van der Waals surface area (Å²) >= 11 is 7.31. The predicted octanol–water partition coefficient (Wildman–Crippen LogP) is 8.36. The molecule has 250 valence electrons. The zero-order valence-electron chi connectivity index (χ0n) is 27.7. The zero-order valence-corrected chi connectivity index (χ0v) is 31.1. The number of halogens is 1. The third-order valence-corrected chi connectivity index (χ3v) is 14.2. The van der Waals surface area contributed by atoms with E-state index in [9.17, 15) is 13.2 Å². The molecule has 1 aromatic heterocycles. The smallest absolute Gasteiger partial charge is 0.329 e. The molecule has 11 heteroatoms. The van der Waals surface area contributed by atoms with Crippen LogP contribution in [0.1, 0.15) is 52.0 Å². The molecule has 0 amide bonds. The number of carbonyl (C=O) groups is 1. The van der Waals surface area contributed by atoms with Gasteiger partial charge in [0.15, 0.2) is 6.29 Å². The summed E-state index contributed by atoms with van der Waals surface area (Å²) in [6.07, 6.45) is 2.56. The van der Waals surface area contributed by atoms with E-state index < -0.39 is 46.9 Å². The number of nitrogens with zero attached hydrogens (tertiary/aromatic N) is 1. The molecule has 2 fully saturated rings. The molecule has 5 rings (SSSR count). The van der Waals surface area contributed by atoms with Gasteiger partial charge in [0.1, 0.15) is 15.3 Å². The Labute approximate surface area is 284 Å². The Morgan fingerprint density at radius 1 is 1.04 bits per heavy atom. The first kappa shape index (κ1) is 35.3. The molecule has 46 heavy (non-hydrogen) atoms. The Hall–Kier alpha value is -2.05. The Morgan fingerprint density at radius 2 is 1.74 bits per heavy atom. The summed E-state index contributed by atoms with van der Waals surface area (Å²) in [4.78, 5) is 15.5. The lowest BCUT2D eigenvalue weighted by molar-refractivity contribution is -0.174. The van der Waals surface area contributed by atoms with Crippen LogP contribution in [0.5, 0.6) is 0 Å². The summed E-state index contributed by atoms with van der Waals surface area (Å²) in [7, 11) is -5.95. The highest BCUT2D eigenvalue weighted by Gasteiger charge is 2.79. The second kappa shape index (κ2) is 13.5. The molecule has 1 saturated carbocycles. The van der Waals surface area contributed by atoms with Crippen LogP contribution < -0.4 is 0 Å². The molecule has 0 N–H and O–H groups in total. The number of sulfonamides is 1. The number of benzene rings is 2. The standard InChI is InChI=1S/C35H46ClNO6S2Si/c1-33(2,3)43-32(38)35(24-34(35,27-12-8-7-9-13-27)25-42-30-14-10-11-22-41-30)37(21-23-46(4,5)6)45(39,40)31-20-19-29(44-31)26-15-17-28(36)18-16-26/h7-9,12-13,15-20,30H,10-11,14,21-25H2,1-6H3. The minimum absolute atomic E-state index is 0.125. The molecule has 7 nitrogen and oxygen atoms in total. The maximum absolute atomic E-state index is 15.0. The topological polar surface area (TPSA) is 82.1 Å². The number of hydrogen-bond donors (Lipinski definition) is 0. The molecular formula is C35H46ClNO6S2Si. The molecule has 3 atom stereocenters. The molecule has 2 heterocycles. The largest absolute Gasteiger partial charge is 0.459 e. The maximum Gasteiger partial charge on any atom is 0.329 e. The van der Waals surface area contributed by atoms with E-state index in [-0.39, 0.29) is 23.8 Å². The third kappa shape index (κ3) is 7.48. The minimum Gasteiger partial charge on any atom is -0.459 e. The molecule has 1 aliphatic heterocycles. The van der Waals surface area contributed by atoms with Crippen LogP contribution >= 0.6 is 22.9 Å². The van der Waals surface area contributed by atoms with Crippen molar-refractivity contribution in [3.05, 3.63) is 77.3 Å². The van der Waals surface area contributed by atoms with Crippen molar-refractivity contribution in [2.24, 2.45) is 0 Å². The number of carbonyl (C=O) groups excluding carboxylic acids is 1. The van der Waals surface area contributed by atoms with E-state index in [4.69, 9.17) is 25.8 Å². The monoisotopic (exact) mass is 703 g/mol. The molecule has 3 aromatic rings. The van der Waals surface area contributed by atoms with Crippen LogP contribution in [0.15, 0.2) is 70.9 Å². The van der Waals surface area contributed by atoms with Crippen molar-refractivity contribution in [1.29, 1.82) is 0 Å². The van der Waals surface area contributed by atoms with Gasteiger partial charge in [0.05, 0.1) is 12.0 Å². The molecule has 3 unspecified atom stereocenters. The van der Waals surface area contributed by atoms with Crippen molar-refractivity contribution < 1.29 is 27.4 Å². The Morgan fingerprint density at radius 3 is 2.35 bits per heavy atom. The molecule has 0 bridgehead atoms. The van der Waals surface area contributed by atoms with E-state index >= 15 is 0 Å². The average Bonchev–Trinajstić information content (AvgIpc) is 3.40. The summed E-state index contributed by atoms with van der Waals surface area (Å²) in [6, 6.07) is 21.2. The fraction of sp³-hybridized carbons (Fsp3) is 0.514. The van der Waals surface area contributed by atoms with E-state index in [0.717, 1.165) is 35.3 Å². The second-order valence-electron chi connectivity index (χ2n) is 14.6. The number of hydrogen-bond acceptors (Lipinski definition) is 7. The second-order valence-corrected chi connectivity index (χ2v) is 23.8. The highest BCUT2D eigenvalue weighted by Crippen LogP contribution is 2.64. The van der Waals surface area contributed by atoms with E-state index in [1.54, 1.807) is 18.2 Å². The molecular weight excluding hydrogens is 658 g/mol. The van der Waals surface area contributed by atoms with Crippen molar-refractivity contribution in [3.63, 3.8) is 0 Å². The van der Waals surface area contributed by atoms with Gasteiger partial charge in [0.25, 0.3) is 10.0 Å². The van der Waals surface area contributed by atoms with Gasteiger partial charge in [0.2, 0.25) is 0 Å². The predicted molar refractivity (Wildman–Crippen MR) is 188 cm³/mol. The quantitative estimate of drug-likeness (QED) is 0.139. The SMILES string of the molecule is CC(C)(C)OC(=O)C1(N(CC[Si](C)(C)C)S(=O)(=O)c2ccc(-c3ccc(Cl)cc3)s2)CC1(COC1CCCCO1)c1ccccc1. The summed E-state index contributed by atoms with van der Waals surface area (Å²) in [5, 5.41) is 0.608. The fourth-order valence-electron chi connectivity index (χ4n) is 6.17. The van der Waals surface area contributed by atoms with Gasteiger partial charge in [-0.1, -0.05) is 73.7 Å². The highest BCUT2D eigenvalue weighted by molar-refractivity contribution is 7.91. The van der Waals surface area contributed by atoms with Gasteiger partial charge in [-0.2, -0.15) is 4.31 Å². The first-order chi connectivity index (χ1) is 21.6. The number of thiophene rings is 1. The van der Waals surface area contributed by atoms with E-state index in [1.165, 1.54) is 15.6 Å². The molecule has 0 radical (unpaired) electrons. The normalized spacial score (nSPS) is 23.8. The molecule has 2 aromatic carbocycles. The minimum atomic E-state index is -4.18. The Kier molecular flexibility index (Phi) is 10.3. The van der Waals surface area contributed by atoms with Gasteiger partial charge in [-0.3, -0.25) is 0 Å². The van der Waals surface area contributed by atoms with Gasteiger partial charge in [-0.25, -0.2) is 13.2 Å². The number of ether oxygens (including phenoxy) is 3. The molecule has 1 saturated heterocycles. The van der Waals surface area contributed by atoms with Crippen LogP contribution in [0, 0.1) is 0 Å². The number of rotatable bonds is 12. The first-order valence-electron chi connectivity index (χ1n) is 16.0. The maximum atomic E-state index is 15.0. The number of esters is 1. The van der Waals surface area contributed by atoms with Crippen LogP contribution in [-0.4, -0.2) is 64.0 Å². The van der Waals surface area contributed by atoms with E-state index in [0.29, 0.717) is 17.7 Å². The zero-order chi connectivity index (χ0) is 33.4. The lowest BCUT2D eigenvalue weighted by atomic mass is 9.90. The summed E-state index contributed by atoms with van der Waals surface area (Å²) in [5.41, 5.74) is -1.60. The summed E-state index contributed by atoms with van der Waals surface area (Å²) in [6.45, 7) is 13.0. The van der Waals surface area contributed by atoms with Crippen LogP contribution in [0.3, 0.4) is 0 Å². The molecule has 0 spiro atoms. The summed E-state index contributed by atoms with van der Waals surface area (Å²) in [5.74, 6) is -0.550. The third-order valence-electron chi connectivity index (χ3n) is 8.69. The van der Waals surface area contributed by atoms with Crippen molar-refractivity contribution in [1.82, 2.24) is 4.31 Å². The van der Waals surface area contributed by atoms with E-state index in [2.05, 4.69) is 19.6 Å². The van der Waals surface area contributed by atoms with Crippen molar-refractivity contribution in [2.75, 3.05) is 19.8 Å². The van der Waals surface area contributed by atoms with Crippen molar-refractivity contribution in [3.8, 4) is 10.4 Å². The Balaban J connectivity index is 1.64. The van der Waals surface area contributed by atoms with Crippen LogP contribution in [-0.2, 0) is 34.4 Å². The van der Waals surface area contributed by atoms with Gasteiger partial charge in [-0.15, -0.1) is 11.3 Å². The van der Waals surface area contributed by atoms with Crippen LogP contribution in [0.2, 0.25) is 30.7 Å². The summed E-state index contributed by atoms with van der Waals surface area (Å²) < 4.78 is 50.1. The van der Waals surface area contributed by atoms with E-state index in [1.807, 2.05) is 69.3 Å². The van der Waals surface area contributed by atoms with Crippen molar-refractivity contribution in [2.45, 2.75) is 99.2 Å². The van der Waals surface area contributed by atoms with Gasteiger partial charge in [0, 0.05) is 31.1 Å². The van der Waals surface area contributed by atoms with Gasteiger partial charge in [-0.05, 0) is 87.9 Å². The average molecular weight is 704 g/mol. The van der Waals surface area contributed by atoms with Gasteiger partial charge < -0.3 is 14.2 Å². The molecule has 2 aliphatic rings. The fourth-order valence-corrected chi connectivity index (χ4v) is 10.6. The van der Waals surface area contributed by atoms with Gasteiger partial charge >= 0.3 is 5.97 Å². The van der Waals surface area contributed by atoms with Crippen molar-refractivity contribution >= 4 is 47.0 Å². The first-order valence-corrected chi connectivity index (χ1v) is 22.3. The molecule has 1 aliphatic carbocycles. The van der Waals surface area contributed by atoms with Crippen LogP contribution in [0.25, 0.3) is 10.4 Å². The highest BCUT2D eigenvalue weighted by atomic mass is 35.5. The Bertz CT molecular complexity index is 1610. The van der Waals surface area contributed by atoms with Crippen LogP contribution in [0.4, 0.5) is 0 Å².